The Morgan fingerprint density at radius 3 is 3.18 bits per heavy atom. The molecule has 5 heteroatoms. The summed E-state index contributed by atoms with van der Waals surface area (Å²) in [6.07, 6.45) is 4.32. The van der Waals surface area contributed by atoms with Crippen LogP contribution in [-0.2, 0) is 0 Å². The van der Waals surface area contributed by atoms with E-state index < -0.39 is 0 Å². The van der Waals surface area contributed by atoms with Gasteiger partial charge in [-0.15, -0.1) is 5.10 Å². The van der Waals surface area contributed by atoms with Crippen LogP contribution >= 0.6 is 0 Å². The van der Waals surface area contributed by atoms with Crippen molar-refractivity contribution in [3.05, 3.63) is 23.9 Å². The molecule has 0 bridgehead atoms. The van der Waals surface area contributed by atoms with Gasteiger partial charge in [0.15, 0.2) is 5.65 Å². The molecule has 1 fully saturated rings. The number of nitrogens with two attached hydrogens (primary N) is 1. The van der Waals surface area contributed by atoms with E-state index in [2.05, 4.69) is 28.0 Å². The maximum Gasteiger partial charge on any atom is 0.245 e. The lowest BCUT2D eigenvalue weighted by Crippen LogP contribution is -2.36. The number of fused-ring (bicyclic) bond motifs is 1. The van der Waals surface area contributed by atoms with Gasteiger partial charge in [0.1, 0.15) is 0 Å². The fourth-order valence-corrected chi connectivity index (χ4v) is 2.44. The topological polar surface area (TPSA) is 59.5 Å². The Morgan fingerprint density at radius 2 is 2.35 bits per heavy atom. The molecule has 2 aromatic rings. The molecule has 0 radical (unpaired) electrons. The Hall–Kier alpha value is -1.62. The maximum atomic E-state index is 5.78. The quantitative estimate of drug-likeness (QED) is 0.836. The van der Waals surface area contributed by atoms with Crippen LogP contribution in [0.1, 0.15) is 18.4 Å². The second-order valence-electron chi connectivity index (χ2n) is 4.65. The molecule has 2 N–H and O–H groups in total. The monoisotopic (exact) mass is 231 g/mol. The molecule has 3 rings (SSSR count). The Kier molecular flexibility index (Phi) is 2.48. The number of nitrogens with zero attached hydrogens (tertiary/aromatic N) is 4. The van der Waals surface area contributed by atoms with Gasteiger partial charge in [-0.2, -0.15) is 4.98 Å². The number of hydrogen-bond acceptors (Lipinski definition) is 4. The van der Waals surface area contributed by atoms with Crippen molar-refractivity contribution >= 4 is 11.6 Å². The van der Waals surface area contributed by atoms with E-state index in [1.165, 1.54) is 12.0 Å². The summed E-state index contributed by atoms with van der Waals surface area (Å²) < 4.78 is 1.84. The molecule has 0 amide bonds. The molecule has 5 nitrogen and oxygen atoms in total. The smallest absolute Gasteiger partial charge is 0.245 e. The summed E-state index contributed by atoms with van der Waals surface area (Å²) in [6, 6.07) is 4.45. The first kappa shape index (κ1) is 10.5. The van der Waals surface area contributed by atoms with Crippen LogP contribution in [0, 0.1) is 6.92 Å². The van der Waals surface area contributed by atoms with Gasteiger partial charge < -0.3 is 10.6 Å². The molecule has 1 aliphatic rings. The van der Waals surface area contributed by atoms with Crippen LogP contribution in [0.2, 0.25) is 0 Å². The summed E-state index contributed by atoms with van der Waals surface area (Å²) in [4.78, 5) is 6.78. The highest BCUT2D eigenvalue weighted by Crippen LogP contribution is 2.22. The number of anilines is 1. The highest BCUT2D eigenvalue weighted by Gasteiger charge is 2.26. The Bertz CT molecular complexity index is 533. The zero-order valence-corrected chi connectivity index (χ0v) is 10.0. The Labute approximate surface area is 100 Å². The van der Waals surface area contributed by atoms with Crippen molar-refractivity contribution in [3.63, 3.8) is 0 Å². The van der Waals surface area contributed by atoms with E-state index in [1.54, 1.807) is 0 Å². The lowest BCUT2D eigenvalue weighted by molar-refractivity contribution is 0.664. The number of aromatic nitrogens is 3. The van der Waals surface area contributed by atoms with E-state index in [0.717, 1.165) is 24.6 Å². The fourth-order valence-electron chi connectivity index (χ4n) is 2.44. The maximum absolute atomic E-state index is 5.78. The molecule has 90 valence electrons. The molecule has 1 aliphatic heterocycles. The summed E-state index contributed by atoms with van der Waals surface area (Å²) in [7, 11) is 0. The van der Waals surface area contributed by atoms with E-state index in [0.29, 0.717) is 12.6 Å². The van der Waals surface area contributed by atoms with Crippen molar-refractivity contribution < 1.29 is 0 Å². The largest absolute Gasteiger partial charge is 0.335 e. The second kappa shape index (κ2) is 4.00. The van der Waals surface area contributed by atoms with E-state index in [1.807, 2.05) is 16.8 Å². The first-order chi connectivity index (χ1) is 8.28. The number of aryl methyl sites for hydroxylation is 1. The SMILES string of the molecule is Cc1ccc2nc(N3CCCC3CN)nn2c1. The molecule has 0 aliphatic carbocycles. The summed E-state index contributed by atoms with van der Waals surface area (Å²) in [5.41, 5.74) is 7.86. The van der Waals surface area contributed by atoms with Gasteiger partial charge in [0, 0.05) is 25.3 Å². The highest BCUT2D eigenvalue weighted by atomic mass is 15.4. The molecule has 2 aromatic heterocycles. The van der Waals surface area contributed by atoms with E-state index >= 15 is 0 Å². The third-order valence-electron chi connectivity index (χ3n) is 3.37. The molecular weight excluding hydrogens is 214 g/mol. The van der Waals surface area contributed by atoms with Crippen LogP contribution in [0.25, 0.3) is 5.65 Å². The average molecular weight is 231 g/mol. The van der Waals surface area contributed by atoms with E-state index in [9.17, 15) is 0 Å². The van der Waals surface area contributed by atoms with Crippen LogP contribution in [-0.4, -0.2) is 33.7 Å². The van der Waals surface area contributed by atoms with Gasteiger partial charge in [-0.05, 0) is 31.4 Å². The fraction of sp³-hybridized carbons (Fsp3) is 0.500. The molecule has 1 atom stereocenters. The van der Waals surface area contributed by atoms with Gasteiger partial charge in [-0.1, -0.05) is 6.07 Å². The number of pyridine rings is 1. The molecular formula is C12H17N5. The zero-order valence-electron chi connectivity index (χ0n) is 10.0. The second-order valence-corrected chi connectivity index (χ2v) is 4.65. The molecule has 3 heterocycles. The highest BCUT2D eigenvalue weighted by molar-refractivity contribution is 5.46. The predicted octanol–water partition coefficient (Wildman–Crippen LogP) is 0.965. The molecule has 1 saturated heterocycles. The van der Waals surface area contributed by atoms with Gasteiger partial charge in [0.05, 0.1) is 0 Å². The predicted molar refractivity (Wildman–Crippen MR) is 67.1 cm³/mol. The van der Waals surface area contributed by atoms with Crippen LogP contribution in [0.4, 0.5) is 5.95 Å². The minimum atomic E-state index is 0.397. The zero-order chi connectivity index (χ0) is 11.8. The van der Waals surface area contributed by atoms with Crippen LogP contribution < -0.4 is 10.6 Å². The van der Waals surface area contributed by atoms with Crippen molar-refractivity contribution in [1.82, 2.24) is 14.6 Å². The normalized spacial score (nSPS) is 20.4. The van der Waals surface area contributed by atoms with Crippen molar-refractivity contribution in [1.29, 1.82) is 0 Å². The molecule has 17 heavy (non-hydrogen) atoms. The summed E-state index contributed by atoms with van der Waals surface area (Å²) in [5.74, 6) is 0.809. The van der Waals surface area contributed by atoms with Crippen LogP contribution in [0.3, 0.4) is 0 Å². The number of hydrogen-bond donors (Lipinski definition) is 1. The molecule has 0 spiro atoms. The van der Waals surface area contributed by atoms with E-state index in [4.69, 9.17) is 5.73 Å². The minimum absolute atomic E-state index is 0.397. The molecule has 1 unspecified atom stereocenters. The lowest BCUT2D eigenvalue weighted by atomic mass is 10.2. The third-order valence-corrected chi connectivity index (χ3v) is 3.37. The van der Waals surface area contributed by atoms with Gasteiger partial charge >= 0.3 is 0 Å². The summed E-state index contributed by atoms with van der Waals surface area (Å²) in [6.45, 7) is 3.74. The third kappa shape index (κ3) is 1.76. The number of rotatable bonds is 2. The van der Waals surface area contributed by atoms with Crippen LogP contribution in [0.15, 0.2) is 18.3 Å². The first-order valence-corrected chi connectivity index (χ1v) is 6.07. The standard InChI is InChI=1S/C12H17N5/c1-9-4-5-11-14-12(15-17(11)8-9)16-6-2-3-10(16)7-13/h4-5,8,10H,2-3,6-7,13H2,1H3. The van der Waals surface area contributed by atoms with Crippen molar-refractivity contribution in [2.75, 3.05) is 18.0 Å². The molecule has 0 saturated carbocycles. The lowest BCUT2D eigenvalue weighted by Gasteiger charge is -2.21. The van der Waals surface area contributed by atoms with Gasteiger partial charge in [-0.3, -0.25) is 0 Å². The molecule has 0 aromatic carbocycles. The summed E-state index contributed by atoms with van der Waals surface area (Å²) >= 11 is 0. The van der Waals surface area contributed by atoms with Crippen LogP contribution in [0.5, 0.6) is 0 Å². The summed E-state index contributed by atoms with van der Waals surface area (Å²) in [5, 5.41) is 4.53. The minimum Gasteiger partial charge on any atom is -0.335 e. The van der Waals surface area contributed by atoms with E-state index in [-0.39, 0.29) is 0 Å². The Balaban J connectivity index is 2.00. The van der Waals surface area contributed by atoms with Gasteiger partial charge in [0.2, 0.25) is 5.95 Å². The van der Waals surface area contributed by atoms with Gasteiger partial charge in [0.25, 0.3) is 0 Å². The van der Waals surface area contributed by atoms with Crippen molar-refractivity contribution in [2.24, 2.45) is 5.73 Å². The first-order valence-electron chi connectivity index (χ1n) is 6.07. The Morgan fingerprint density at radius 1 is 1.47 bits per heavy atom. The van der Waals surface area contributed by atoms with Crippen molar-refractivity contribution in [2.45, 2.75) is 25.8 Å². The van der Waals surface area contributed by atoms with Gasteiger partial charge in [-0.25, -0.2) is 4.52 Å². The van der Waals surface area contributed by atoms with Crippen molar-refractivity contribution in [3.8, 4) is 0 Å². The average Bonchev–Trinajstić information content (AvgIpc) is 2.93.